The summed E-state index contributed by atoms with van der Waals surface area (Å²) in [6.07, 6.45) is 4.65. The number of anilines is 1. The highest BCUT2D eigenvalue weighted by molar-refractivity contribution is 5.98. The molecule has 2 amide bonds. The number of nitrogens with one attached hydrogen (secondary N) is 1. The molecule has 2 aliphatic heterocycles. The molecule has 0 radical (unpaired) electrons. The third kappa shape index (κ3) is 2.92. The van der Waals surface area contributed by atoms with Gasteiger partial charge in [-0.1, -0.05) is 0 Å². The Balaban J connectivity index is 1.52. The average Bonchev–Trinajstić information content (AvgIpc) is 3.30. The van der Waals surface area contributed by atoms with Crippen LogP contribution in [0.2, 0.25) is 0 Å². The second kappa shape index (κ2) is 6.35. The van der Waals surface area contributed by atoms with Crippen molar-refractivity contribution in [3.8, 4) is 0 Å². The number of fused-ring (bicyclic) bond motifs is 1. The number of nitrogens with zero attached hydrogens (tertiary/aromatic N) is 3. The standard InChI is InChI=1S/C19H22N4O2/c1-13(24)23-10-7-14-11-15(4-5-18(14)23)19(25)22-9-2-3-16(12-22)17-6-8-20-21-17/h4-6,8,11,16H,2-3,7,9-10,12H2,1H3,(H,20,21). The summed E-state index contributed by atoms with van der Waals surface area (Å²) in [5.74, 6) is 0.451. The van der Waals surface area contributed by atoms with E-state index < -0.39 is 0 Å². The van der Waals surface area contributed by atoms with Crippen LogP contribution in [0.5, 0.6) is 0 Å². The maximum absolute atomic E-state index is 12.9. The van der Waals surface area contributed by atoms with Crippen molar-refractivity contribution in [2.75, 3.05) is 24.5 Å². The molecule has 25 heavy (non-hydrogen) atoms. The Labute approximate surface area is 146 Å². The Bertz CT molecular complexity index is 800. The van der Waals surface area contributed by atoms with Gasteiger partial charge in [-0.3, -0.25) is 14.7 Å². The highest BCUT2D eigenvalue weighted by Crippen LogP contribution is 2.30. The van der Waals surface area contributed by atoms with E-state index in [-0.39, 0.29) is 11.8 Å². The zero-order valence-electron chi connectivity index (χ0n) is 14.4. The van der Waals surface area contributed by atoms with E-state index in [1.165, 1.54) is 0 Å². The van der Waals surface area contributed by atoms with Crippen molar-refractivity contribution in [3.63, 3.8) is 0 Å². The minimum Gasteiger partial charge on any atom is -0.338 e. The molecule has 1 N–H and O–H groups in total. The lowest BCUT2D eigenvalue weighted by atomic mass is 9.94. The molecule has 6 heteroatoms. The topological polar surface area (TPSA) is 69.3 Å². The average molecular weight is 338 g/mol. The van der Waals surface area contributed by atoms with Gasteiger partial charge in [-0.25, -0.2) is 0 Å². The molecule has 4 rings (SSSR count). The van der Waals surface area contributed by atoms with Crippen LogP contribution in [0, 0.1) is 0 Å². The van der Waals surface area contributed by atoms with Gasteiger partial charge in [0.1, 0.15) is 0 Å². The van der Waals surface area contributed by atoms with Crippen LogP contribution in [0.1, 0.15) is 47.3 Å². The molecule has 0 saturated carbocycles. The molecule has 0 aliphatic carbocycles. The van der Waals surface area contributed by atoms with Gasteiger partial charge >= 0.3 is 0 Å². The number of hydrogen-bond donors (Lipinski definition) is 1. The number of carbonyl (C=O) groups is 2. The van der Waals surface area contributed by atoms with Gasteiger partial charge < -0.3 is 9.80 Å². The molecule has 1 unspecified atom stereocenters. The Hall–Kier alpha value is -2.63. The first-order valence-electron chi connectivity index (χ1n) is 8.83. The van der Waals surface area contributed by atoms with E-state index in [1.807, 2.05) is 29.2 Å². The third-order valence-corrected chi connectivity index (χ3v) is 5.27. The number of carbonyl (C=O) groups excluding carboxylic acids is 2. The number of likely N-dealkylation sites (tertiary alicyclic amines) is 1. The Morgan fingerprint density at radius 3 is 2.88 bits per heavy atom. The third-order valence-electron chi connectivity index (χ3n) is 5.27. The SMILES string of the molecule is CC(=O)N1CCc2cc(C(=O)N3CCCC(c4ccn[nH]4)C3)ccc21. The molecule has 2 aromatic rings. The van der Waals surface area contributed by atoms with E-state index in [9.17, 15) is 9.59 Å². The van der Waals surface area contributed by atoms with Crippen molar-refractivity contribution < 1.29 is 9.59 Å². The van der Waals surface area contributed by atoms with Crippen molar-refractivity contribution in [1.29, 1.82) is 0 Å². The van der Waals surface area contributed by atoms with Crippen LogP contribution in [-0.2, 0) is 11.2 Å². The van der Waals surface area contributed by atoms with Crippen LogP contribution < -0.4 is 4.90 Å². The molecule has 3 heterocycles. The second-order valence-corrected chi connectivity index (χ2v) is 6.87. The number of H-pyrrole nitrogens is 1. The summed E-state index contributed by atoms with van der Waals surface area (Å²) >= 11 is 0. The van der Waals surface area contributed by atoms with Crippen molar-refractivity contribution >= 4 is 17.5 Å². The monoisotopic (exact) mass is 338 g/mol. The minimum absolute atomic E-state index is 0.0521. The largest absolute Gasteiger partial charge is 0.338 e. The van der Waals surface area contributed by atoms with Gasteiger partial charge in [0.05, 0.1) is 0 Å². The van der Waals surface area contributed by atoms with Crippen molar-refractivity contribution in [3.05, 3.63) is 47.3 Å². The van der Waals surface area contributed by atoms with Gasteiger partial charge in [-0.2, -0.15) is 5.10 Å². The van der Waals surface area contributed by atoms with Gasteiger partial charge in [-0.05, 0) is 49.1 Å². The summed E-state index contributed by atoms with van der Waals surface area (Å²) in [7, 11) is 0. The highest BCUT2D eigenvalue weighted by Gasteiger charge is 2.28. The lowest BCUT2D eigenvalue weighted by Gasteiger charge is -2.32. The number of benzene rings is 1. The Morgan fingerprint density at radius 1 is 1.24 bits per heavy atom. The fraction of sp³-hybridized carbons (Fsp3) is 0.421. The van der Waals surface area contributed by atoms with E-state index in [4.69, 9.17) is 0 Å². The van der Waals surface area contributed by atoms with Crippen molar-refractivity contribution in [2.24, 2.45) is 0 Å². The van der Waals surface area contributed by atoms with Crippen LogP contribution in [0.15, 0.2) is 30.5 Å². The van der Waals surface area contributed by atoms with Crippen LogP contribution >= 0.6 is 0 Å². The van der Waals surface area contributed by atoms with Crippen LogP contribution in [-0.4, -0.2) is 46.5 Å². The number of piperidine rings is 1. The minimum atomic E-state index is 0.0521. The summed E-state index contributed by atoms with van der Waals surface area (Å²) in [6.45, 7) is 3.79. The molecular formula is C19H22N4O2. The predicted molar refractivity (Wildman–Crippen MR) is 94.6 cm³/mol. The first kappa shape index (κ1) is 15.9. The van der Waals surface area contributed by atoms with Gasteiger partial charge in [0.2, 0.25) is 5.91 Å². The maximum atomic E-state index is 12.9. The van der Waals surface area contributed by atoms with Crippen LogP contribution in [0.3, 0.4) is 0 Å². The zero-order valence-corrected chi connectivity index (χ0v) is 14.4. The molecule has 2 aliphatic rings. The normalized spacial score (nSPS) is 19.8. The number of aromatic nitrogens is 2. The fourth-order valence-electron chi connectivity index (χ4n) is 3.95. The summed E-state index contributed by atoms with van der Waals surface area (Å²) in [5.41, 5.74) is 3.85. The highest BCUT2D eigenvalue weighted by atomic mass is 16.2. The lowest BCUT2D eigenvalue weighted by molar-refractivity contribution is -0.116. The zero-order chi connectivity index (χ0) is 17.4. The first-order chi connectivity index (χ1) is 12.1. The number of aromatic amines is 1. The molecule has 130 valence electrons. The quantitative estimate of drug-likeness (QED) is 0.914. The van der Waals surface area contributed by atoms with Gasteiger partial charge in [-0.15, -0.1) is 0 Å². The summed E-state index contributed by atoms with van der Waals surface area (Å²) in [6, 6.07) is 7.71. The smallest absolute Gasteiger partial charge is 0.253 e. The predicted octanol–water partition coefficient (Wildman–Crippen LogP) is 2.34. The molecule has 1 aromatic heterocycles. The molecule has 0 bridgehead atoms. The van der Waals surface area contributed by atoms with E-state index in [0.29, 0.717) is 12.5 Å². The summed E-state index contributed by atoms with van der Waals surface area (Å²) in [4.78, 5) is 28.3. The van der Waals surface area contributed by atoms with Gasteiger partial charge in [0.15, 0.2) is 0 Å². The molecule has 6 nitrogen and oxygen atoms in total. The molecule has 1 aromatic carbocycles. The van der Waals surface area contributed by atoms with Crippen LogP contribution in [0.4, 0.5) is 5.69 Å². The number of amides is 2. The van der Waals surface area contributed by atoms with Gasteiger partial charge in [0, 0.05) is 55.6 Å². The summed E-state index contributed by atoms with van der Waals surface area (Å²) in [5, 5.41) is 7.06. The maximum Gasteiger partial charge on any atom is 0.253 e. The number of rotatable bonds is 2. The van der Waals surface area contributed by atoms with E-state index in [2.05, 4.69) is 10.2 Å². The molecule has 0 spiro atoms. The van der Waals surface area contributed by atoms with Crippen LogP contribution in [0.25, 0.3) is 0 Å². The number of hydrogen-bond acceptors (Lipinski definition) is 3. The fourth-order valence-corrected chi connectivity index (χ4v) is 3.95. The van der Waals surface area contributed by atoms with E-state index in [0.717, 1.165) is 54.9 Å². The molecule has 1 saturated heterocycles. The molecule has 1 fully saturated rings. The van der Waals surface area contributed by atoms with E-state index in [1.54, 1.807) is 18.0 Å². The Kier molecular flexibility index (Phi) is 4.03. The van der Waals surface area contributed by atoms with Gasteiger partial charge in [0.25, 0.3) is 5.91 Å². The van der Waals surface area contributed by atoms with Crippen molar-refractivity contribution in [1.82, 2.24) is 15.1 Å². The van der Waals surface area contributed by atoms with Crippen molar-refractivity contribution in [2.45, 2.75) is 32.1 Å². The second-order valence-electron chi connectivity index (χ2n) is 6.87. The Morgan fingerprint density at radius 2 is 2.12 bits per heavy atom. The molecule has 1 atom stereocenters. The first-order valence-corrected chi connectivity index (χ1v) is 8.83. The van der Waals surface area contributed by atoms with E-state index >= 15 is 0 Å². The summed E-state index contributed by atoms with van der Waals surface area (Å²) < 4.78 is 0. The molecular weight excluding hydrogens is 316 g/mol. The lowest BCUT2D eigenvalue weighted by Crippen LogP contribution is -2.39.